The van der Waals surface area contributed by atoms with Crippen molar-refractivity contribution in [3.8, 4) is 0 Å². The van der Waals surface area contributed by atoms with Crippen LogP contribution in [0.1, 0.15) is 13.3 Å². The van der Waals surface area contributed by atoms with Gasteiger partial charge in [-0.25, -0.2) is 0 Å². The van der Waals surface area contributed by atoms with E-state index in [0.717, 1.165) is 6.92 Å². The molecule has 6 nitrogen and oxygen atoms in total. The number of hydrogen-bond donors (Lipinski definition) is 2. The van der Waals surface area contributed by atoms with Crippen LogP contribution in [0.15, 0.2) is 0 Å². The van der Waals surface area contributed by atoms with E-state index in [1.165, 1.54) is 0 Å². The number of rotatable bonds is 4. The molecule has 0 bridgehead atoms. The van der Waals surface area contributed by atoms with Crippen LogP contribution in [0.4, 0.5) is 0 Å². The minimum Gasteiger partial charge on any atom is -0.547 e. The maximum absolute atomic E-state index is 10.2. The molecule has 0 aromatic rings. The lowest BCUT2D eigenvalue weighted by molar-refractivity contribution is -0.443. The van der Waals surface area contributed by atoms with Gasteiger partial charge in [0.2, 0.25) is 0 Å². The second-order valence-electron chi connectivity index (χ2n) is 2.78. The number of hydrogen-bond acceptors (Lipinski definition) is 5. The molecule has 0 amide bonds. The van der Waals surface area contributed by atoms with Gasteiger partial charge in [-0.2, -0.15) is 0 Å². The van der Waals surface area contributed by atoms with Crippen molar-refractivity contribution in [3.63, 3.8) is 0 Å². The molecule has 4 N–H and O–H groups in total. The van der Waals surface area contributed by atoms with Gasteiger partial charge in [0.1, 0.15) is 11.6 Å². The van der Waals surface area contributed by atoms with Gasteiger partial charge in [0.05, 0.1) is 11.9 Å². The minimum absolute atomic E-state index is 0.530. The molecule has 0 aliphatic carbocycles. The fraction of sp³-hybridized carbons (Fsp3) is 0.667. The fourth-order valence-electron chi connectivity index (χ4n) is 0.646. The van der Waals surface area contributed by atoms with Crippen LogP contribution in [0.25, 0.3) is 0 Å². The highest BCUT2D eigenvalue weighted by molar-refractivity contribution is 5.76. The standard InChI is InChI=1S/C6H11NO5/c1-6(12,5(10)11)2-3(7)4(8)9/h3,12H,2,7H2,1H3,(H,8,9)(H,10,11)/p-1/t3-,6+/m0/s1. The first kappa shape index (κ1) is 10.9. The number of carbonyl (C=O) groups excluding carboxylic acids is 2. The van der Waals surface area contributed by atoms with E-state index in [2.05, 4.69) is 5.73 Å². The van der Waals surface area contributed by atoms with E-state index in [4.69, 9.17) is 5.11 Å². The normalized spacial score (nSPS) is 17.9. The maximum atomic E-state index is 10.2. The van der Waals surface area contributed by atoms with Crippen molar-refractivity contribution in [2.75, 3.05) is 0 Å². The summed E-state index contributed by atoms with van der Waals surface area (Å²) in [5.74, 6) is -3.23. The van der Waals surface area contributed by atoms with Crippen LogP contribution in [0.3, 0.4) is 0 Å². The summed E-state index contributed by atoms with van der Waals surface area (Å²) >= 11 is 0. The molecule has 0 saturated carbocycles. The molecule has 12 heavy (non-hydrogen) atoms. The third kappa shape index (κ3) is 2.85. The molecule has 0 radical (unpaired) electrons. The third-order valence-corrected chi connectivity index (χ3v) is 1.42. The minimum atomic E-state index is -2.17. The molecule has 70 valence electrons. The van der Waals surface area contributed by atoms with Crippen LogP contribution in [0.2, 0.25) is 0 Å². The number of carboxylic acids is 2. The molecule has 0 saturated heterocycles. The lowest BCUT2D eigenvalue weighted by Crippen LogP contribution is -2.71. The summed E-state index contributed by atoms with van der Waals surface area (Å²) in [6.45, 7) is 0.948. The van der Waals surface area contributed by atoms with Crippen molar-refractivity contribution >= 4 is 11.9 Å². The van der Waals surface area contributed by atoms with Crippen molar-refractivity contribution < 1.29 is 30.6 Å². The molecular formula is C6H10NO5-. The summed E-state index contributed by atoms with van der Waals surface area (Å²) in [7, 11) is 0. The van der Waals surface area contributed by atoms with E-state index in [0.29, 0.717) is 0 Å². The molecule has 0 aromatic heterocycles. The number of aliphatic carboxylic acids is 2. The number of quaternary nitrogens is 1. The molecule has 0 aliphatic rings. The summed E-state index contributed by atoms with van der Waals surface area (Å²) in [6.07, 6.45) is -0.530. The third-order valence-electron chi connectivity index (χ3n) is 1.42. The number of carbonyl (C=O) groups is 2. The number of carboxylic acid groups (broad SMARTS) is 2. The van der Waals surface area contributed by atoms with Crippen molar-refractivity contribution in [1.82, 2.24) is 0 Å². The van der Waals surface area contributed by atoms with Gasteiger partial charge >= 0.3 is 0 Å². The van der Waals surface area contributed by atoms with Gasteiger partial charge < -0.3 is 30.6 Å². The first-order chi connectivity index (χ1) is 5.27. The first-order valence-electron chi connectivity index (χ1n) is 3.25. The van der Waals surface area contributed by atoms with Crippen molar-refractivity contribution in [2.24, 2.45) is 0 Å². The fourth-order valence-corrected chi connectivity index (χ4v) is 0.646. The zero-order valence-electron chi connectivity index (χ0n) is 6.57. The average Bonchev–Trinajstić information content (AvgIpc) is 1.85. The highest BCUT2D eigenvalue weighted by atomic mass is 16.4. The molecule has 0 aromatic carbocycles. The predicted molar refractivity (Wildman–Crippen MR) is 31.9 cm³/mol. The quantitative estimate of drug-likeness (QED) is 0.444. The molecule has 0 rings (SSSR count). The Morgan fingerprint density at radius 2 is 2.00 bits per heavy atom. The Bertz CT molecular complexity index is 200. The first-order valence-corrected chi connectivity index (χ1v) is 3.25. The maximum Gasteiger partial charge on any atom is 0.128 e. The van der Waals surface area contributed by atoms with E-state index in [1.54, 1.807) is 0 Å². The largest absolute Gasteiger partial charge is 0.547 e. The number of aliphatic hydroxyl groups is 1. The van der Waals surface area contributed by atoms with Gasteiger partial charge in [-0.3, -0.25) is 0 Å². The predicted octanol–water partition coefficient (Wildman–Crippen LogP) is -4.76. The van der Waals surface area contributed by atoms with Crippen LogP contribution in [0.5, 0.6) is 0 Å². The van der Waals surface area contributed by atoms with Crippen LogP contribution in [-0.2, 0) is 9.59 Å². The molecule has 0 spiro atoms. The van der Waals surface area contributed by atoms with Crippen molar-refractivity contribution in [1.29, 1.82) is 0 Å². The van der Waals surface area contributed by atoms with Crippen LogP contribution in [0, 0.1) is 0 Å². The average molecular weight is 176 g/mol. The summed E-state index contributed by atoms with van der Waals surface area (Å²) in [5.41, 5.74) is 0.918. The smallest absolute Gasteiger partial charge is 0.128 e. The van der Waals surface area contributed by atoms with Crippen LogP contribution in [-0.4, -0.2) is 28.7 Å². The topological polar surface area (TPSA) is 128 Å². The van der Waals surface area contributed by atoms with Crippen LogP contribution < -0.4 is 15.9 Å². The molecular weight excluding hydrogens is 166 g/mol. The van der Waals surface area contributed by atoms with Gasteiger partial charge in [-0.1, -0.05) is 0 Å². The second-order valence-corrected chi connectivity index (χ2v) is 2.78. The van der Waals surface area contributed by atoms with E-state index >= 15 is 0 Å². The molecule has 2 atom stereocenters. The van der Waals surface area contributed by atoms with Crippen LogP contribution >= 0.6 is 0 Å². The highest BCUT2D eigenvalue weighted by Crippen LogP contribution is 2.08. The van der Waals surface area contributed by atoms with E-state index in [1.807, 2.05) is 0 Å². The van der Waals surface area contributed by atoms with Gasteiger partial charge in [-0.15, -0.1) is 0 Å². The Hall–Kier alpha value is -1.14. The van der Waals surface area contributed by atoms with Gasteiger partial charge in [-0.05, 0) is 6.92 Å². The summed E-state index contributed by atoms with van der Waals surface area (Å²) in [5, 5.41) is 29.3. The molecule has 0 aliphatic heterocycles. The van der Waals surface area contributed by atoms with E-state index in [9.17, 15) is 19.8 Å². The Morgan fingerprint density at radius 1 is 1.58 bits per heavy atom. The highest BCUT2D eigenvalue weighted by Gasteiger charge is 2.27. The zero-order valence-corrected chi connectivity index (χ0v) is 6.57. The van der Waals surface area contributed by atoms with Gasteiger partial charge in [0, 0.05) is 6.42 Å². The van der Waals surface area contributed by atoms with E-state index in [-0.39, 0.29) is 0 Å². The molecule has 0 unspecified atom stereocenters. The zero-order chi connectivity index (χ0) is 9.94. The Labute approximate surface area is 68.6 Å². The van der Waals surface area contributed by atoms with E-state index < -0.39 is 30.0 Å². The molecule has 6 heteroatoms. The Balaban J connectivity index is 4.24. The second kappa shape index (κ2) is 3.51. The molecule has 0 heterocycles. The van der Waals surface area contributed by atoms with Crippen molar-refractivity contribution in [3.05, 3.63) is 0 Å². The van der Waals surface area contributed by atoms with Gasteiger partial charge in [0.25, 0.3) is 0 Å². The summed E-state index contributed by atoms with van der Waals surface area (Å²) < 4.78 is 0. The Morgan fingerprint density at radius 3 is 2.25 bits per heavy atom. The molecule has 0 fully saturated rings. The Kier molecular flexibility index (Phi) is 3.17. The lowest BCUT2D eigenvalue weighted by atomic mass is 9.98. The van der Waals surface area contributed by atoms with Crippen molar-refractivity contribution in [2.45, 2.75) is 25.0 Å². The summed E-state index contributed by atoms with van der Waals surface area (Å²) in [6, 6.07) is -1.27. The lowest BCUT2D eigenvalue weighted by Gasteiger charge is -2.25. The van der Waals surface area contributed by atoms with Gasteiger partial charge in [0.15, 0.2) is 0 Å². The monoisotopic (exact) mass is 176 g/mol. The SMILES string of the molecule is C[C@@](O)(C[C@H]([NH3+])C(=O)[O-])C(=O)[O-]. The summed E-state index contributed by atoms with van der Waals surface area (Å²) in [4.78, 5) is 20.3.